The average Bonchev–Trinajstić information content (AvgIpc) is 3.00. The van der Waals surface area contributed by atoms with Crippen LogP contribution in [0.5, 0.6) is 0 Å². The molecule has 0 radical (unpaired) electrons. The predicted molar refractivity (Wildman–Crippen MR) is 61.7 cm³/mol. The van der Waals surface area contributed by atoms with Crippen molar-refractivity contribution in [1.82, 2.24) is 10.2 Å². The maximum absolute atomic E-state index is 3.63. The summed E-state index contributed by atoms with van der Waals surface area (Å²) < 4.78 is 0. The van der Waals surface area contributed by atoms with Gasteiger partial charge in [-0.05, 0) is 25.3 Å². The lowest BCUT2D eigenvalue weighted by atomic mass is 10.0. The molecule has 2 heteroatoms. The van der Waals surface area contributed by atoms with E-state index in [4.69, 9.17) is 0 Å². The second kappa shape index (κ2) is 3.32. The standard InChI is InChI=1S/C13H18N2/c1-13(14-9-12-10-15(12)13)8-7-11-5-3-2-4-6-11/h2-6,12,14H,7-10H2,1H3. The summed E-state index contributed by atoms with van der Waals surface area (Å²) >= 11 is 0. The summed E-state index contributed by atoms with van der Waals surface area (Å²) in [6.07, 6.45) is 2.39. The molecule has 0 amide bonds. The van der Waals surface area contributed by atoms with Gasteiger partial charge in [0.1, 0.15) is 0 Å². The third kappa shape index (κ3) is 1.68. The largest absolute Gasteiger partial charge is 0.298 e. The van der Waals surface area contributed by atoms with Crippen molar-refractivity contribution < 1.29 is 0 Å². The van der Waals surface area contributed by atoms with Crippen molar-refractivity contribution in [3.05, 3.63) is 35.9 Å². The van der Waals surface area contributed by atoms with E-state index in [0.29, 0.717) is 0 Å². The Morgan fingerprint density at radius 3 is 2.80 bits per heavy atom. The normalized spacial score (nSPS) is 37.7. The van der Waals surface area contributed by atoms with Gasteiger partial charge in [0.2, 0.25) is 0 Å². The van der Waals surface area contributed by atoms with E-state index < -0.39 is 0 Å². The number of aryl methyl sites for hydroxylation is 1. The molecule has 15 heavy (non-hydrogen) atoms. The number of hydrogen-bond acceptors (Lipinski definition) is 2. The van der Waals surface area contributed by atoms with E-state index in [1.54, 1.807) is 0 Å². The van der Waals surface area contributed by atoms with E-state index in [1.165, 1.54) is 31.5 Å². The fourth-order valence-electron chi connectivity index (χ4n) is 2.66. The third-order valence-corrected chi connectivity index (χ3v) is 3.81. The van der Waals surface area contributed by atoms with Crippen molar-refractivity contribution in [1.29, 1.82) is 0 Å². The highest BCUT2D eigenvalue weighted by molar-refractivity contribution is 5.16. The van der Waals surface area contributed by atoms with Gasteiger partial charge in [-0.2, -0.15) is 0 Å². The van der Waals surface area contributed by atoms with Crippen molar-refractivity contribution in [3.8, 4) is 0 Å². The van der Waals surface area contributed by atoms with Crippen molar-refractivity contribution in [3.63, 3.8) is 0 Å². The van der Waals surface area contributed by atoms with Gasteiger partial charge < -0.3 is 0 Å². The molecule has 0 spiro atoms. The molecular formula is C13H18N2. The molecular weight excluding hydrogens is 184 g/mol. The lowest BCUT2D eigenvalue weighted by Gasteiger charge is -2.28. The first-order chi connectivity index (χ1) is 7.28. The monoisotopic (exact) mass is 202 g/mol. The number of hydrogen-bond donors (Lipinski definition) is 1. The van der Waals surface area contributed by atoms with Gasteiger partial charge in [0, 0.05) is 19.1 Å². The van der Waals surface area contributed by atoms with Crippen LogP contribution in [0.3, 0.4) is 0 Å². The van der Waals surface area contributed by atoms with E-state index in [2.05, 4.69) is 47.5 Å². The molecule has 2 aliphatic heterocycles. The first kappa shape index (κ1) is 9.37. The van der Waals surface area contributed by atoms with Crippen LogP contribution in [0, 0.1) is 0 Å². The predicted octanol–water partition coefficient (Wildman–Crippen LogP) is 1.62. The average molecular weight is 202 g/mol. The number of fused-ring (bicyclic) bond motifs is 1. The van der Waals surface area contributed by atoms with Gasteiger partial charge in [0.15, 0.2) is 0 Å². The zero-order chi connectivity index (χ0) is 10.3. The fourth-order valence-corrected chi connectivity index (χ4v) is 2.66. The Kier molecular flexibility index (Phi) is 2.08. The van der Waals surface area contributed by atoms with Crippen LogP contribution in [0.4, 0.5) is 0 Å². The molecule has 0 bridgehead atoms. The van der Waals surface area contributed by atoms with Crippen LogP contribution in [0.1, 0.15) is 18.9 Å². The molecule has 0 saturated carbocycles. The number of rotatable bonds is 3. The van der Waals surface area contributed by atoms with Gasteiger partial charge in [-0.3, -0.25) is 10.2 Å². The molecule has 3 unspecified atom stereocenters. The van der Waals surface area contributed by atoms with Crippen LogP contribution < -0.4 is 5.32 Å². The zero-order valence-corrected chi connectivity index (χ0v) is 9.24. The lowest BCUT2D eigenvalue weighted by Crippen LogP contribution is -2.44. The number of benzene rings is 1. The maximum atomic E-state index is 3.63. The molecule has 1 aromatic carbocycles. The van der Waals surface area contributed by atoms with Gasteiger partial charge >= 0.3 is 0 Å². The van der Waals surface area contributed by atoms with Gasteiger partial charge in [-0.1, -0.05) is 30.3 Å². The Morgan fingerprint density at radius 1 is 1.40 bits per heavy atom. The van der Waals surface area contributed by atoms with E-state index in [0.717, 1.165) is 6.04 Å². The minimum atomic E-state index is 0.264. The van der Waals surface area contributed by atoms with Crippen LogP contribution in [0.2, 0.25) is 0 Å². The summed E-state index contributed by atoms with van der Waals surface area (Å²) in [5.74, 6) is 0. The molecule has 2 aliphatic rings. The van der Waals surface area contributed by atoms with Crippen molar-refractivity contribution in [2.24, 2.45) is 0 Å². The Morgan fingerprint density at radius 2 is 2.20 bits per heavy atom. The van der Waals surface area contributed by atoms with Gasteiger partial charge in [-0.15, -0.1) is 0 Å². The van der Waals surface area contributed by atoms with Crippen LogP contribution in [-0.2, 0) is 6.42 Å². The lowest BCUT2D eigenvalue weighted by molar-refractivity contribution is 0.222. The summed E-state index contributed by atoms with van der Waals surface area (Å²) in [7, 11) is 0. The highest BCUT2D eigenvalue weighted by Gasteiger charge is 2.52. The third-order valence-electron chi connectivity index (χ3n) is 3.81. The molecule has 2 saturated heterocycles. The molecule has 3 atom stereocenters. The van der Waals surface area contributed by atoms with Crippen LogP contribution in [-0.4, -0.2) is 29.7 Å². The van der Waals surface area contributed by atoms with E-state index in [-0.39, 0.29) is 5.66 Å². The van der Waals surface area contributed by atoms with E-state index in [1.807, 2.05) is 0 Å². The first-order valence-electron chi connectivity index (χ1n) is 5.84. The van der Waals surface area contributed by atoms with Crippen LogP contribution in [0.15, 0.2) is 30.3 Å². The molecule has 2 fully saturated rings. The molecule has 0 aliphatic carbocycles. The summed E-state index contributed by atoms with van der Waals surface area (Å²) in [6, 6.07) is 11.6. The fraction of sp³-hybridized carbons (Fsp3) is 0.538. The minimum absolute atomic E-state index is 0.264. The molecule has 1 aromatic rings. The molecule has 80 valence electrons. The highest BCUT2D eigenvalue weighted by Crippen LogP contribution is 2.35. The molecule has 1 N–H and O–H groups in total. The smallest absolute Gasteiger partial charge is 0.0691 e. The number of nitrogens with one attached hydrogen (secondary N) is 1. The van der Waals surface area contributed by atoms with Crippen LogP contribution >= 0.6 is 0 Å². The summed E-state index contributed by atoms with van der Waals surface area (Å²) in [6.45, 7) is 4.83. The Labute approximate surface area is 91.3 Å². The van der Waals surface area contributed by atoms with Crippen molar-refractivity contribution >= 4 is 0 Å². The molecule has 2 nitrogen and oxygen atoms in total. The Bertz CT molecular complexity index is 349. The van der Waals surface area contributed by atoms with Crippen molar-refractivity contribution in [2.75, 3.05) is 13.1 Å². The van der Waals surface area contributed by atoms with Crippen LogP contribution in [0.25, 0.3) is 0 Å². The minimum Gasteiger partial charge on any atom is -0.298 e. The highest BCUT2D eigenvalue weighted by atomic mass is 15.5. The summed E-state index contributed by atoms with van der Waals surface area (Å²) in [5.41, 5.74) is 1.71. The Hall–Kier alpha value is -0.860. The SMILES string of the molecule is CC1(CCc2ccccc2)NCC2CN21. The second-order valence-electron chi connectivity index (χ2n) is 4.95. The first-order valence-corrected chi connectivity index (χ1v) is 5.84. The second-order valence-corrected chi connectivity index (χ2v) is 4.95. The Balaban J connectivity index is 1.62. The van der Waals surface area contributed by atoms with Gasteiger partial charge in [0.25, 0.3) is 0 Å². The van der Waals surface area contributed by atoms with E-state index >= 15 is 0 Å². The quantitative estimate of drug-likeness (QED) is 0.749. The molecule has 0 aromatic heterocycles. The zero-order valence-electron chi connectivity index (χ0n) is 9.24. The summed E-state index contributed by atoms with van der Waals surface area (Å²) in [5, 5.41) is 3.63. The van der Waals surface area contributed by atoms with Crippen molar-refractivity contribution in [2.45, 2.75) is 31.5 Å². The molecule has 2 heterocycles. The maximum Gasteiger partial charge on any atom is 0.0691 e. The number of nitrogens with zero attached hydrogens (tertiary/aromatic N) is 1. The summed E-state index contributed by atoms with van der Waals surface area (Å²) in [4.78, 5) is 2.58. The van der Waals surface area contributed by atoms with Gasteiger partial charge in [-0.25, -0.2) is 0 Å². The van der Waals surface area contributed by atoms with E-state index in [9.17, 15) is 0 Å². The topological polar surface area (TPSA) is 15.0 Å². The molecule has 3 rings (SSSR count). The van der Waals surface area contributed by atoms with Gasteiger partial charge in [0.05, 0.1) is 5.66 Å².